The molecule has 1 rings (SSSR count). The largest absolute Gasteiger partial charge is 0.390 e. The molecule has 0 saturated carbocycles. The Morgan fingerprint density at radius 1 is 1.47 bits per heavy atom. The summed E-state index contributed by atoms with van der Waals surface area (Å²) in [5.74, 6) is -0.744. The summed E-state index contributed by atoms with van der Waals surface area (Å²) < 4.78 is 0. The maximum Gasteiger partial charge on any atom is 0.220 e. The van der Waals surface area contributed by atoms with Crippen LogP contribution in [0, 0.1) is 0 Å². The highest BCUT2D eigenvalue weighted by molar-refractivity contribution is 6.30. The molecule has 1 amide bonds. The number of aldehydes is 1. The van der Waals surface area contributed by atoms with Gasteiger partial charge in [0.1, 0.15) is 12.4 Å². The van der Waals surface area contributed by atoms with Crippen molar-refractivity contribution in [3.05, 3.63) is 34.3 Å². The third kappa shape index (κ3) is 3.52. The van der Waals surface area contributed by atoms with E-state index in [-0.39, 0.29) is 11.1 Å². The summed E-state index contributed by atoms with van der Waals surface area (Å²) >= 11 is 5.73. The molecule has 0 aromatic heterocycles. The third-order valence-electron chi connectivity index (χ3n) is 2.27. The number of hydrogen-bond acceptors (Lipinski definition) is 4. The minimum atomic E-state index is -1.39. The topological polar surface area (TPSA) is 101 Å². The summed E-state index contributed by atoms with van der Waals surface area (Å²) in [4.78, 5) is 21.4. The second-order valence-corrected chi connectivity index (χ2v) is 4.01. The molecule has 0 radical (unpaired) electrons. The Labute approximate surface area is 103 Å². The predicted octanol–water partition coefficient (Wildman–Crippen LogP) is 0.422. The highest BCUT2D eigenvalue weighted by Crippen LogP contribution is 2.25. The molecule has 0 fully saturated rings. The molecule has 0 aliphatic rings. The van der Waals surface area contributed by atoms with Crippen LogP contribution in [0.2, 0.25) is 5.02 Å². The summed E-state index contributed by atoms with van der Waals surface area (Å²) in [6, 6.07) is 4.27. The van der Waals surface area contributed by atoms with Crippen LogP contribution in [0.1, 0.15) is 28.4 Å². The Balaban J connectivity index is 3.01. The number of carbonyl (C=O) groups excluding carboxylic acids is 2. The molecule has 5 nitrogen and oxygen atoms in total. The van der Waals surface area contributed by atoms with E-state index in [1.54, 1.807) is 0 Å². The maximum absolute atomic E-state index is 10.8. The van der Waals surface area contributed by atoms with Crippen LogP contribution in [0.15, 0.2) is 18.2 Å². The molecule has 2 atom stereocenters. The molecule has 1 aromatic rings. The molecule has 2 unspecified atom stereocenters. The normalized spacial score (nSPS) is 14.1. The number of aliphatic hydroxyl groups excluding tert-OH is 2. The lowest BCUT2D eigenvalue weighted by atomic mass is 9.97. The fourth-order valence-electron chi connectivity index (χ4n) is 1.43. The first-order chi connectivity index (χ1) is 7.95. The van der Waals surface area contributed by atoms with Crippen LogP contribution in [0.25, 0.3) is 0 Å². The predicted molar refractivity (Wildman–Crippen MR) is 61.6 cm³/mol. The smallest absolute Gasteiger partial charge is 0.220 e. The monoisotopic (exact) mass is 257 g/mol. The third-order valence-corrected chi connectivity index (χ3v) is 2.50. The molecule has 0 heterocycles. The summed E-state index contributed by atoms with van der Waals surface area (Å²) in [7, 11) is 0. The number of benzene rings is 1. The van der Waals surface area contributed by atoms with Crippen molar-refractivity contribution in [3.63, 3.8) is 0 Å². The molecule has 4 N–H and O–H groups in total. The molecule has 0 bridgehead atoms. The minimum Gasteiger partial charge on any atom is -0.390 e. The van der Waals surface area contributed by atoms with Gasteiger partial charge in [-0.3, -0.25) is 9.59 Å². The molecule has 0 aliphatic heterocycles. The molecule has 92 valence electrons. The van der Waals surface area contributed by atoms with E-state index in [4.69, 9.17) is 17.3 Å². The van der Waals surface area contributed by atoms with Gasteiger partial charge in [-0.05, 0) is 23.8 Å². The van der Waals surface area contributed by atoms with E-state index in [1.807, 2.05) is 0 Å². The SMILES string of the molecule is NC(=O)CC(O)C(O)c1cc(Cl)ccc1C=O. The van der Waals surface area contributed by atoms with Crippen molar-refractivity contribution < 1.29 is 19.8 Å². The number of nitrogens with two attached hydrogens (primary N) is 1. The first-order valence-electron chi connectivity index (χ1n) is 4.84. The summed E-state index contributed by atoms with van der Waals surface area (Å²) in [6.07, 6.45) is -2.62. The van der Waals surface area contributed by atoms with Gasteiger partial charge in [0.25, 0.3) is 0 Å². The van der Waals surface area contributed by atoms with Crippen LogP contribution in [-0.2, 0) is 4.79 Å². The molecule has 0 spiro atoms. The Morgan fingerprint density at radius 2 is 2.12 bits per heavy atom. The Hall–Kier alpha value is -1.43. The second kappa shape index (κ2) is 5.77. The molecule has 1 aromatic carbocycles. The lowest BCUT2D eigenvalue weighted by molar-refractivity contribution is -0.121. The average molecular weight is 258 g/mol. The van der Waals surface area contributed by atoms with E-state index in [0.29, 0.717) is 11.3 Å². The number of aliphatic hydroxyl groups is 2. The zero-order valence-corrected chi connectivity index (χ0v) is 9.59. The lowest BCUT2D eigenvalue weighted by Gasteiger charge is -2.18. The number of halogens is 1. The van der Waals surface area contributed by atoms with E-state index in [1.165, 1.54) is 18.2 Å². The van der Waals surface area contributed by atoms with Crippen LogP contribution < -0.4 is 5.73 Å². The van der Waals surface area contributed by atoms with Crippen LogP contribution in [-0.4, -0.2) is 28.5 Å². The van der Waals surface area contributed by atoms with Crippen molar-refractivity contribution in [2.45, 2.75) is 18.6 Å². The van der Waals surface area contributed by atoms with E-state index < -0.39 is 24.5 Å². The van der Waals surface area contributed by atoms with Crippen LogP contribution in [0.5, 0.6) is 0 Å². The highest BCUT2D eigenvalue weighted by atomic mass is 35.5. The molecular formula is C11H12ClNO4. The molecule has 0 aliphatic carbocycles. The Bertz CT molecular complexity index is 435. The van der Waals surface area contributed by atoms with Gasteiger partial charge in [0.15, 0.2) is 0 Å². The van der Waals surface area contributed by atoms with Crippen molar-refractivity contribution in [2.24, 2.45) is 5.73 Å². The van der Waals surface area contributed by atoms with Gasteiger partial charge in [-0.1, -0.05) is 11.6 Å². The van der Waals surface area contributed by atoms with Crippen molar-refractivity contribution in [2.75, 3.05) is 0 Å². The maximum atomic E-state index is 10.8. The molecule has 6 heteroatoms. The molecule has 0 saturated heterocycles. The van der Waals surface area contributed by atoms with E-state index in [0.717, 1.165) is 0 Å². The standard InChI is InChI=1S/C11H12ClNO4/c12-7-2-1-6(5-14)8(3-7)11(17)9(15)4-10(13)16/h1-3,5,9,11,15,17H,4H2,(H2,13,16). The van der Waals surface area contributed by atoms with Gasteiger partial charge >= 0.3 is 0 Å². The van der Waals surface area contributed by atoms with Gasteiger partial charge in [-0.15, -0.1) is 0 Å². The number of hydrogen-bond donors (Lipinski definition) is 3. The summed E-state index contributed by atoms with van der Waals surface area (Å²) in [5, 5.41) is 19.7. The zero-order chi connectivity index (χ0) is 13.0. The minimum absolute atomic E-state index is 0.168. The van der Waals surface area contributed by atoms with Crippen LogP contribution in [0.3, 0.4) is 0 Å². The summed E-state index contributed by atoms with van der Waals surface area (Å²) in [6.45, 7) is 0. The van der Waals surface area contributed by atoms with Gasteiger partial charge in [-0.2, -0.15) is 0 Å². The average Bonchev–Trinajstić information content (AvgIpc) is 2.27. The van der Waals surface area contributed by atoms with Crippen molar-refractivity contribution >= 4 is 23.8 Å². The van der Waals surface area contributed by atoms with Crippen LogP contribution in [0.4, 0.5) is 0 Å². The van der Waals surface area contributed by atoms with E-state index in [2.05, 4.69) is 0 Å². The second-order valence-electron chi connectivity index (χ2n) is 3.57. The Morgan fingerprint density at radius 3 is 2.65 bits per heavy atom. The van der Waals surface area contributed by atoms with E-state index in [9.17, 15) is 19.8 Å². The lowest BCUT2D eigenvalue weighted by Crippen LogP contribution is -2.26. The fraction of sp³-hybridized carbons (Fsp3) is 0.273. The summed E-state index contributed by atoms with van der Waals surface area (Å²) in [5.41, 5.74) is 5.27. The first-order valence-corrected chi connectivity index (χ1v) is 5.22. The van der Waals surface area contributed by atoms with Gasteiger partial charge in [0.05, 0.1) is 12.5 Å². The molecule has 17 heavy (non-hydrogen) atoms. The van der Waals surface area contributed by atoms with Gasteiger partial charge in [-0.25, -0.2) is 0 Å². The van der Waals surface area contributed by atoms with Crippen molar-refractivity contribution in [3.8, 4) is 0 Å². The van der Waals surface area contributed by atoms with Gasteiger partial charge < -0.3 is 15.9 Å². The first kappa shape index (κ1) is 13.6. The molecular weight excluding hydrogens is 246 g/mol. The Kier molecular flexibility index (Phi) is 4.62. The van der Waals surface area contributed by atoms with Crippen molar-refractivity contribution in [1.29, 1.82) is 0 Å². The zero-order valence-electron chi connectivity index (χ0n) is 8.84. The van der Waals surface area contributed by atoms with Crippen LogP contribution >= 0.6 is 11.6 Å². The number of carbonyl (C=O) groups is 2. The van der Waals surface area contributed by atoms with Gasteiger partial charge in [0, 0.05) is 10.6 Å². The number of primary amides is 1. The number of amides is 1. The van der Waals surface area contributed by atoms with E-state index >= 15 is 0 Å². The van der Waals surface area contributed by atoms with Crippen molar-refractivity contribution in [1.82, 2.24) is 0 Å². The highest BCUT2D eigenvalue weighted by Gasteiger charge is 2.22. The quantitative estimate of drug-likeness (QED) is 0.666. The van der Waals surface area contributed by atoms with Gasteiger partial charge in [0.2, 0.25) is 5.91 Å². The number of rotatable bonds is 5. The fourth-order valence-corrected chi connectivity index (χ4v) is 1.61.